The number of benzene rings is 2. The van der Waals surface area contributed by atoms with Crippen LogP contribution in [0.15, 0.2) is 42.5 Å². The lowest BCUT2D eigenvalue weighted by molar-refractivity contribution is -0.120. The number of likely N-dealkylation sites (tertiary alicyclic amines) is 2. The summed E-state index contributed by atoms with van der Waals surface area (Å²) in [6, 6.07) is 14.0. The van der Waals surface area contributed by atoms with Gasteiger partial charge < -0.3 is 20.0 Å². The lowest BCUT2D eigenvalue weighted by atomic mass is 10.1. The Balaban J connectivity index is 1.19. The van der Waals surface area contributed by atoms with Gasteiger partial charge in [0.1, 0.15) is 17.5 Å². The molecule has 0 unspecified atom stereocenters. The SMILES string of the molecule is CN1CCC[C@H]1c1nc2cc(-c3cc4cc(NC(=O)[C@@H]5CCCN5C(=O)OC(C)(C)C)ccc4[nH]3)ccc2[nH]1. The van der Waals surface area contributed by atoms with Crippen molar-refractivity contribution in [2.24, 2.45) is 0 Å². The van der Waals surface area contributed by atoms with Crippen LogP contribution >= 0.6 is 0 Å². The summed E-state index contributed by atoms with van der Waals surface area (Å²) in [5.41, 5.74) is 5.12. The summed E-state index contributed by atoms with van der Waals surface area (Å²) in [6.07, 6.45) is 3.28. The Labute approximate surface area is 227 Å². The number of aromatic nitrogens is 3. The van der Waals surface area contributed by atoms with Crippen molar-refractivity contribution in [3.8, 4) is 11.3 Å². The fourth-order valence-electron chi connectivity index (χ4n) is 5.78. The van der Waals surface area contributed by atoms with Gasteiger partial charge in [-0.1, -0.05) is 6.07 Å². The van der Waals surface area contributed by atoms with Gasteiger partial charge in [0.2, 0.25) is 5.91 Å². The second-order valence-corrected chi connectivity index (χ2v) is 11.8. The number of aromatic amines is 2. The molecule has 9 heteroatoms. The first kappa shape index (κ1) is 25.4. The summed E-state index contributed by atoms with van der Waals surface area (Å²) >= 11 is 0. The Morgan fingerprint density at radius 2 is 1.79 bits per heavy atom. The molecule has 2 aliphatic heterocycles. The van der Waals surface area contributed by atoms with Gasteiger partial charge in [0.15, 0.2) is 0 Å². The quantitative estimate of drug-likeness (QED) is 0.310. The molecule has 2 atom stereocenters. The van der Waals surface area contributed by atoms with Crippen LogP contribution in [-0.2, 0) is 9.53 Å². The molecule has 2 fully saturated rings. The molecule has 0 aliphatic carbocycles. The lowest BCUT2D eigenvalue weighted by Gasteiger charge is -2.28. The highest BCUT2D eigenvalue weighted by atomic mass is 16.6. The van der Waals surface area contributed by atoms with E-state index in [9.17, 15) is 9.59 Å². The molecule has 9 nitrogen and oxygen atoms in total. The molecule has 4 heterocycles. The van der Waals surface area contributed by atoms with Crippen molar-refractivity contribution in [3.05, 3.63) is 48.3 Å². The molecule has 2 aromatic carbocycles. The largest absolute Gasteiger partial charge is 0.444 e. The van der Waals surface area contributed by atoms with Gasteiger partial charge in [-0.05, 0) is 96.4 Å². The van der Waals surface area contributed by atoms with E-state index in [4.69, 9.17) is 9.72 Å². The minimum absolute atomic E-state index is 0.193. The predicted octanol–water partition coefficient (Wildman–Crippen LogP) is 5.82. The molecule has 0 spiro atoms. The number of rotatable bonds is 4. The van der Waals surface area contributed by atoms with Gasteiger partial charge in [0.25, 0.3) is 0 Å². The fraction of sp³-hybridized carbons (Fsp3) is 0.433. The third-order valence-corrected chi connectivity index (χ3v) is 7.72. The summed E-state index contributed by atoms with van der Waals surface area (Å²) < 4.78 is 5.51. The van der Waals surface area contributed by atoms with Crippen molar-refractivity contribution in [3.63, 3.8) is 0 Å². The normalized spacial score (nSPS) is 20.3. The first-order chi connectivity index (χ1) is 18.6. The minimum atomic E-state index is -0.603. The number of fused-ring (bicyclic) bond motifs is 2. The molecule has 2 aliphatic rings. The Morgan fingerprint density at radius 1 is 1.00 bits per heavy atom. The van der Waals surface area contributed by atoms with Crippen molar-refractivity contribution in [1.29, 1.82) is 0 Å². The number of amides is 2. The third kappa shape index (κ3) is 5.11. The van der Waals surface area contributed by atoms with Crippen LogP contribution in [0.4, 0.5) is 10.5 Å². The number of carbonyl (C=O) groups is 2. The van der Waals surface area contributed by atoms with Crippen LogP contribution in [0, 0.1) is 0 Å². The van der Waals surface area contributed by atoms with Gasteiger partial charge in [-0.3, -0.25) is 14.6 Å². The standard InChI is InChI=1S/C30H36N6O3/c1-30(2,3)39-29(38)36-14-6-8-26(36)28(37)31-20-10-12-21-19(15-20)17-23(32-21)18-9-11-22-24(16-18)34-27(33-22)25-7-5-13-35(25)4/h9-12,15-17,25-26,32H,5-8,13-14H2,1-4H3,(H,31,37)(H,33,34)/t25-,26-/m0/s1. The molecule has 204 valence electrons. The number of hydrogen-bond acceptors (Lipinski definition) is 5. The van der Waals surface area contributed by atoms with E-state index in [1.807, 2.05) is 39.0 Å². The maximum Gasteiger partial charge on any atom is 0.410 e. The van der Waals surface area contributed by atoms with Gasteiger partial charge in [-0.15, -0.1) is 0 Å². The zero-order valence-electron chi connectivity index (χ0n) is 23.0. The molecular weight excluding hydrogens is 492 g/mol. The molecule has 0 saturated carbocycles. The fourth-order valence-corrected chi connectivity index (χ4v) is 5.78. The van der Waals surface area contributed by atoms with Crippen LogP contribution in [0.1, 0.15) is 58.3 Å². The highest BCUT2D eigenvalue weighted by Crippen LogP contribution is 2.32. The number of nitrogens with zero attached hydrogens (tertiary/aromatic N) is 3. The molecule has 0 bridgehead atoms. The molecule has 2 aromatic heterocycles. The average Bonchev–Trinajstić information content (AvgIpc) is 3.67. The van der Waals surface area contributed by atoms with E-state index < -0.39 is 17.7 Å². The van der Waals surface area contributed by atoms with E-state index in [1.54, 1.807) is 0 Å². The number of carbonyl (C=O) groups excluding carboxylic acids is 2. The second kappa shape index (κ2) is 9.72. The minimum Gasteiger partial charge on any atom is -0.444 e. The van der Waals surface area contributed by atoms with E-state index in [0.717, 1.165) is 58.4 Å². The van der Waals surface area contributed by atoms with Crippen molar-refractivity contribution in [1.82, 2.24) is 24.8 Å². The maximum atomic E-state index is 13.1. The van der Waals surface area contributed by atoms with Crippen molar-refractivity contribution in [2.75, 3.05) is 25.5 Å². The molecule has 2 saturated heterocycles. The molecule has 6 rings (SSSR count). The Morgan fingerprint density at radius 3 is 2.56 bits per heavy atom. The predicted molar refractivity (Wildman–Crippen MR) is 153 cm³/mol. The number of ether oxygens (including phenoxy) is 1. The van der Waals surface area contributed by atoms with Crippen molar-refractivity contribution in [2.45, 2.75) is 64.1 Å². The van der Waals surface area contributed by atoms with Gasteiger partial charge in [-0.2, -0.15) is 0 Å². The van der Waals surface area contributed by atoms with E-state index >= 15 is 0 Å². The monoisotopic (exact) mass is 528 g/mol. The van der Waals surface area contributed by atoms with Crippen molar-refractivity contribution < 1.29 is 14.3 Å². The van der Waals surface area contributed by atoms with E-state index in [-0.39, 0.29) is 5.91 Å². The van der Waals surface area contributed by atoms with E-state index in [0.29, 0.717) is 24.7 Å². The number of imidazole rings is 1. The topological polar surface area (TPSA) is 106 Å². The van der Waals surface area contributed by atoms with E-state index in [2.05, 4.69) is 51.5 Å². The molecular formula is C30H36N6O3. The highest BCUT2D eigenvalue weighted by molar-refractivity contribution is 5.99. The van der Waals surface area contributed by atoms with Crippen LogP contribution < -0.4 is 5.32 Å². The van der Waals surface area contributed by atoms with Crippen LogP contribution in [0.25, 0.3) is 33.2 Å². The molecule has 39 heavy (non-hydrogen) atoms. The lowest BCUT2D eigenvalue weighted by Crippen LogP contribution is -2.45. The first-order valence-electron chi connectivity index (χ1n) is 13.8. The number of hydrogen-bond donors (Lipinski definition) is 3. The van der Waals surface area contributed by atoms with Crippen LogP contribution in [0.5, 0.6) is 0 Å². The summed E-state index contributed by atoms with van der Waals surface area (Å²) in [6.45, 7) is 7.11. The molecule has 3 N–H and O–H groups in total. The summed E-state index contributed by atoms with van der Waals surface area (Å²) in [4.78, 5) is 41.5. The summed E-state index contributed by atoms with van der Waals surface area (Å²) in [5.74, 6) is 0.841. The first-order valence-corrected chi connectivity index (χ1v) is 13.8. The molecule has 4 aromatic rings. The van der Waals surface area contributed by atoms with Crippen molar-refractivity contribution >= 4 is 39.6 Å². The summed E-state index contributed by atoms with van der Waals surface area (Å²) in [5, 5.41) is 4.00. The van der Waals surface area contributed by atoms with Crippen LogP contribution in [-0.4, -0.2) is 68.5 Å². The Hall–Kier alpha value is -3.85. The van der Waals surface area contributed by atoms with Crippen LogP contribution in [0.2, 0.25) is 0 Å². The zero-order valence-corrected chi connectivity index (χ0v) is 23.0. The Kier molecular flexibility index (Phi) is 6.33. The smallest absolute Gasteiger partial charge is 0.410 e. The molecule has 0 radical (unpaired) electrons. The van der Waals surface area contributed by atoms with Crippen LogP contribution in [0.3, 0.4) is 0 Å². The number of nitrogens with one attached hydrogen (secondary N) is 3. The van der Waals surface area contributed by atoms with Gasteiger partial charge in [0, 0.05) is 34.4 Å². The zero-order chi connectivity index (χ0) is 27.3. The molecule has 2 amide bonds. The van der Waals surface area contributed by atoms with Gasteiger partial charge in [-0.25, -0.2) is 9.78 Å². The summed E-state index contributed by atoms with van der Waals surface area (Å²) in [7, 11) is 2.16. The van der Waals surface area contributed by atoms with Gasteiger partial charge >= 0.3 is 6.09 Å². The average molecular weight is 529 g/mol. The second-order valence-electron chi connectivity index (χ2n) is 11.8. The Bertz CT molecular complexity index is 1550. The van der Waals surface area contributed by atoms with Gasteiger partial charge in [0.05, 0.1) is 17.1 Å². The number of anilines is 1. The highest BCUT2D eigenvalue weighted by Gasteiger charge is 2.36. The van der Waals surface area contributed by atoms with E-state index in [1.165, 1.54) is 11.3 Å². The number of H-pyrrole nitrogens is 2. The maximum absolute atomic E-state index is 13.1. The third-order valence-electron chi connectivity index (χ3n) is 7.72.